The largest absolute Gasteiger partial charge is 0.363 e. The third-order valence-corrected chi connectivity index (χ3v) is 8.35. The summed E-state index contributed by atoms with van der Waals surface area (Å²) in [5, 5.41) is 11.4. The molecule has 0 aromatic carbocycles. The Kier molecular flexibility index (Phi) is 23.8. The quantitative estimate of drug-likeness (QED) is 0.171. The second kappa shape index (κ2) is 24.2. The number of hydrogen-bond donors (Lipinski definition) is 4. The normalized spacial score (nSPS) is 16.5. The van der Waals surface area contributed by atoms with E-state index in [1.54, 1.807) is 17.5 Å². The molecule has 1 fully saturated rings. The third-order valence-electron chi connectivity index (χ3n) is 7.55. The van der Waals surface area contributed by atoms with Crippen molar-refractivity contribution in [3.8, 4) is 0 Å². The summed E-state index contributed by atoms with van der Waals surface area (Å²) in [7, 11) is 0. The molecule has 0 radical (unpaired) electrons. The minimum absolute atomic E-state index is 0.0555. The van der Waals surface area contributed by atoms with Gasteiger partial charge in [0.05, 0.1) is 11.0 Å². The Morgan fingerprint density at radius 3 is 2.07 bits per heavy atom. The van der Waals surface area contributed by atoms with Gasteiger partial charge in [0.1, 0.15) is 0 Å². The summed E-state index contributed by atoms with van der Waals surface area (Å²) < 4.78 is 0. The van der Waals surface area contributed by atoms with E-state index in [1.807, 2.05) is 31.1 Å². The summed E-state index contributed by atoms with van der Waals surface area (Å²) in [5.74, 6) is -1.12. The van der Waals surface area contributed by atoms with Crippen LogP contribution in [0, 0.1) is 17.3 Å². The molecule has 4 unspecified atom stereocenters. The molecule has 0 saturated carbocycles. The van der Waals surface area contributed by atoms with Gasteiger partial charge in [-0.3, -0.25) is 19.2 Å². The number of ketones is 1. The molecule has 11 nitrogen and oxygen atoms in total. The van der Waals surface area contributed by atoms with Crippen molar-refractivity contribution in [1.29, 1.82) is 0 Å². The molecule has 0 spiro atoms. The average molecular weight is 655 g/mol. The van der Waals surface area contributed by atoms with Gasteiger partial charge in [-0.25, -0.2) is 9.78 Å². The van der Waals surface area contributed by atoms with Crippen LogP contribution in [0.4, 0.5) is 4.79 Å². The maximum absolute atomic E-state index is 12.1. The second-order valence-electron chi connectivity index (χ2n) is 13.0. The molecule has 2 heterocycles. The van der Waals surface area contributed by atoms with Crippen LogP contribution in [0.5, 0.6) is 0 Å². The highest BCUT2D eigenvalue weighted by molar-refractivity contribution is 7.09. The first-order valence-corrected chi connectivity index (χ1v) is 17.1. The molecule has 2 rings (SSSR count). The molecule has 5 N–H and O–H groups in total. The van der Waals surface area contributed by atoms with Crippen molar-refractivity contribution in [3.05, 3.63) is 16.6 Å². The predicted octanol–water partition coefficient (Wildman–Crippen LogP) is 5.08. The molecule has 1 aromatic rings. The van der Waals surface area contributed by atoms with Crippen molar-refractivity contribution >= 4 is 41.9 Å². The van der Waals surface area contributed by atoms with Gasteiger partial charge >= 0.3 is 6.03 Å². The first kappa shape index (κ1) is 44.1. The standard InChI is InChI=1S/C15H27N3OS.C9H16N2O3.C6H11NO.C3H8/c1-10(2)12(9-13-16-7-8-20-13)18-14(19)17-11(3)15(4,5)6;1-3-6(2)4-7(11-5-12)8(13)9(10)14;1-6-3-2-4-7(6)5-8;1-3-2/h7-8,10-12H,9H2,1-6H3,(H2,17,18,19);5-7H,3-4H2,1-2H3,(H2,10,14)(H,11,12);5-6H,2-4H2,1H3;3H2,1-2H3/t;;6-;/m..1./s1. The number of rotatable bonds is 13. The maximum Gasteiger partial charge on any atom is 0.315 e. The van der Waals surface area contributed by atoms with Crippen LogP contribution in [0.15, 0.2) is 11.6 Å². The summed E-state index contributed by atoms with van der Waals surface area (Å²) in [5.41, 5.74) is 4.90. The molecule has 1 aromatic heterocycles. The SMILES string of the molecule is CC(C)C(Cc1nccs1)NC(=O)NC(C)C(C)(C)C.CCC.CCC(C)CC(NC=O)C(=O)C(N)=O.C[C@@H]1CCCN1C=O. The lowest BCUT2D eigenvalue weighted by atomic mass is 9.88. The van der Waals surface area contributed by atoms with Gasteiger partial charge in [-0.2, -0.15) is 0 Å². The Bertz CT molecular complexity index is 967. The van der Waals surface area contributed by atoms with Crippen LogP contribution in [0.25, 0.3) is 0 Å². The number of thiazole rings is 1. The number of nitrogens with zero attached hydrogens (tertiary/aromatic N) is 2. The molecular formula is C33H62N6O5S. The van der Waals surface area contributed by atoms with Crippen LogP contribution in [0.2, 0.25) is 0 Å². The van der Waals surface area contributed by atoms with Crippen LogP contribution in [-0.4, -0.2) is 71.1 Å². The van der Waals surface area contributed by atoms with E-state index in [1.165, 1.54) is 19.3 Å². The van der Waals surface area contributed by atoms with E-state index >= 15 is 0 Å². The summed E-state index contributed by atoms with van der Waals surface area (Å²) >= 11 is 1.63. The summed E-state index contributed by atoms with van der Waals surface area (Å²) in [4.78, 5) is 60.4. The highest BCUT2D eigenvalue weighted by atomic mass is 32.1. The summed E-state index contributed by atoms with van der Waals surface area (Å²) in [6.07, 6.45) is 8.87. The lowest BCUT2D eigenvalue weighted by Gasteiger charge is -2.29. The first-order chi connectivity index (χ1) is 21.0. The van der Waals surface area contributed by atoms with Crippen LogP contribution in [-0.2, 0) is 25.6 Å². The number of primary amides is 1. The lowest BCUT2D eigenvalue weighted by Crippen LogP contribution is -2.51. The van der Waals surface area contributed by atoms with Gasteiger partial charge in [0.25, 0.3) is 5.91 Å². The van der Waals surface area contributed by atoms with E-state index in [-0.39, 0.29) is 29.4 Å². The number of Topliss-reactive ketones (excluding diaryl/α,β-unsaturated/α-hetero) is 1. The molecule has 260 valence electrons. The van der Waals surface area contributed by atoms with E-state index in [2.05, 4.69) is 76.3 Å². The average Bonchev–Trinajstić information content (AvgIpc) is 3.63. The fraction of sp³-hybridized carbons (Fsp3) is 0.758. The van der Waals surface area contributed by atoms with Crippen LogP contribution >= 0.6 is 11.3 Å². The highest BCUT2D eigenvalue weighted by Gasteiger charge is 2.25. The number of urea groups is 1. The number of amides is 5. The molecule has 45 heavy (non-hydrogen) atoms. The van der Waals surface area contributed by atoms with Gasteiger partial charge in [-0.1, -0.05) is 75.2 Å². The molecule has 5 atom stereocenters. The van der Waals surface area contributed by atoms with E-state index in [0.29, 0.717) is 24.8 Å². The highest BCUT2D eigenvalue weighted by Crippen LogP contribution is 2.19. The van der Waals surface area contributed by atoms with Crippen molar-refractivity contribution in [2.75, 3.05) is 6.54 Å². The number of nitrogens with two attached hydrogens (primary N) is 1. The summed E-state index contributed by atoms with van der Waals surface area (Å²) in [6, 6.07) is -0.154. The van der Waals surface area contributed by atoms with Crippen molar-refractivity contribution in [1.82, 2.24) is 25.8 Å². The Balaban J connectivity index is 0. The van der Waals surface area contributed by atoms with Gasteiger partial charge < -0.3 is 26.6 Å². The van der Waals surface area contributed by atoms with Gasteiger partial charge in [0.15, 0.2) is 0 Å². The number of hydrogen-bond acceptors (Lipinski definition) is 7. The number of carbonyl (C=O) groups excluding carboxylic acids is 5. The van der Waals surface area contributed by atoms with Crippen molar-refractivity contribution < 1.29 is 24.0 Å². The Hall–Kier alpha value is -3.02. The second-order valence-corrected chi connectivity index (χ2v) is 14.0. The molecule has 0 aliphatic carbocycles. The molecule has 12 heteroatoms. The number of aromatic nitrogens is 1. The van der Waals surface area contributed by atoms with E-state index in [9.17, 15) is 24.0 Å². The zero-order valence-electron chi connectivity index (χ0n) is 29.6. The van der Waals surface area contributed by atoms with Crippen molar-refractivity contribution in [2.24, 2.45) is 23.0 Å². The molecule has 5 amide bonds. The lowest BCUT2D eigenvalue weighted by molar-refractivity contribution is -0.137. The minimum Gasteiger partial charge on any atom is -0.363 e. The zero-order chi connectivity index (χ0) is 35.2. The summed E-state index contributed by atoms with van der Waals surface area (Å²) in [6.45, 7) is 23.8. The Labute approximate surface area is 276 Å². The van der Waals surface area contributed by atoms with Crippen LogP contribution < -0.4 is 21.7 Å². The maximum atomic E-state index is 12.1. The van der Waals surface area contributed by atoms with Gasteiger partial charge in [0.2, 0.25) is 18.6 Å². The van der Waals surface area contributed by atoms with Crippen LogP contribution in [0.1, 0.15) is 113 Å². The van der Waals surface area contributed by atoms with E-state index in [4.69, 9.17) is 5.73 Å². The Morgan fingerprint density at radius 1 is 1.11 bits per heavy atom. The van der Waals surface area contributed by atoms with Crippen molar-refractivity contribution in [3.63, 3.8) is 0 Å². The number of likely N-dealkylation sites (tertiary alicyclic amines) is 1. The zero-order valence-corrected chi connectivity index (χ0v) is 30.5. The van der Waals surface area contributed by atoms with Crippen LogP contribution in [0.3, 0.4) is 0 Å². The number of carbonyl (C=O) groups is 5. The minimum atomic E-state index is -1.01. The third kappa shape index (κ3) is 20.6. The smallest absolute Gasteiger partial charge is 0.315 e. The molecule has 1 aliphatic heterocycles. The molecule has 1 aliphatic rings. The molecule has 1 saturated heterocycles. The number of nitrogens with one attached hydrogen (secondary N) is 3. The monoisotopic (exact) mass is 654 g/mol. The molecule has 0 bridgehead atoms. The van der Waals surface area contributed by atoms with E-state index in [0.717, 1.165) is 30.8 Å². The van der Waals surface area contributed by atoms with E-state index < -0.39 is 17.7 Å². The fourth-order valence-corrected chi connectivity index (χ4v) is 4.48. The van der Waals surface area contributed by atoms with Gasteiger partial charge in [0, 0.05) is 42.7 Å². The Morgan fingerprint density at radius 2 is 1.71 bits per heavy atom. The van der Waals surface area contributed by atoms with Crippen molar-refractivity contribution in [2.45, 2.75) is 139 Å². The van der Waals surface area contributed by atoms with Gasteiger partial charge in [-0.15, -0.1) is 11.3 Å². The van der Waals surface area contributed by atoms with Gasteiger partial charge in [-0.05, 0) is 50.4 Å². The predicted molar refractivity (Wildman–Crippen MR) is 184 cm³/mol. The molecular weight excluding hydrogens is 592 g/mol. The topological polar surface area (TPSA) is 164 Å². The fourth-order valence-electron chi connectivity index (χ4n) is 3.80. The first-order valence-electron chi connectivity index (χ1n) is 16.2.